The average Bonchev–Trinajstić information content (AvgIpc) is 3.37. The van der Waals surface area contributed by atoms with Crippen LogP contribution in [0.4, 0.5) is 4.39 Å². The van der Waals surface area contributed by atoms with Crippen LogP contribution < -0.4 is 5.32 Å². The molecular weight excluding hydrogens is 407 g/mol. The lowest BCUT2D eigenvalue weighted by Crippen LogP contribution is -2.43. The highest BCUT2D eigenvalue weighted by Crippen LogP contribution is 2.52. The second-order valence-electron chi connectivity index (χ2n) is 8.03. The van der Waals surface area contributed by atoms with Gasteiger partial charge in [-0.2, -0.15) is 0 Å². The smallest absolute Gasteiger partial charge is 0.230 e. The number of benzene rings is 2. The third-order valence-electron chi connectivity index (χ3n) is 6.18. The number of nitrogens with zero attached hydrogens (tertiary/aromatic N) is 1. The first kappa shape index (κ1) is 19.3. The van der Waals surface area contributed by atoms with E-state index in [-0.39, 0.29) is 24.2 Å². The molecule has 5 rings (SSSR count). The fraction of sp³-hybridized carbons (Fsp3) is 0.304. The summed E-state index contributed by atoms with van der Waals surface area (Å²) < 4.78 is 19.2. The minimum absolute atomic E-state index is 0.0938. The number of nitrogens with one attached hydrogen (secondary N) is 1. The van der Waals surface area contributed by atoms with Crippen LogP contribution in [0.1, 0.15) is 11.1 Å². The van der Waals surface area contributed by atoms with E-state index in [0.717, 1.165) is 11.1 Å². The summed E-state index contributed by atoms with van der Waals surface area (Å²) in [5.41, 5.74) is 0.887. The predicted molar refractivity (Wildman–Crippen MR) is 109 cm³/mol. The second kappa shape index (κ2) is 7.22. The molecule has 0 aromatic heterocycles. The summed E-state index contributed by atoms with van der Waals surface area (Å²) in [5.74, 6) is -1.78. The Hall–Kier alpha value is -2.70. The van der Waals surface area contributed by atoms with E-state index in [0.29, 0.717) is 18.1 Å². The first-order valence-electron chi connectivity index (χ1n) is 9.88. The van der Waals surface area contributed by atoms with Crippen molar-refractivity contribution < 1.29 is 18.7 Å². The Morgan fingerprint density at radius 3 is 2.77 bits per heavy atom. The fourth-order valence-electron chi connectivity index (χ4n) is 4.75. The molecule has 2 saturated heterocycles. The van der Waals surface area contributed by atoms with Gasteiger partial charge in [0.2, 0.25) is 11.8 Å². The standard InChI is InChI=1S/C23H20ClFN2O3/c24-17-4-2-1-3-15(17)12-27-13-23-10-9-18(30-23)19(20(23)22(27)29)21(28)26-11-14-5-7-16(25)8-6-14/h1-10,18-20H,11-13H2,(H,26,28)/t18-,19-,20-,23+/m0/s1. The molecule has 7 heteroatoms. The SMILES string of the molecule is O=C(NCc1ccc(F)cc1)[C@H]1[C@@H]2C=C[C@]3(CN(Cc4ccccc4Cl)C(=O)[C@H]13)O2. The highest BCUT2D eigenvalue weighted by atomic mass is 35.5. The number of amides is 2. The first-order chi connectivity index (χ1) is 14.5. The lowest BCUT2D eigenvalue weighted by molar-refractivity contribution is -0.137. The Morgan fingerprint density at radius 1 is 1.23 bits per heavy atom. The first-order valence-corrected chi connectivity index (χ1v) is 10.3. The number of likely N-dealkylation sites (tertiary alicyclic amines) is 1. The van der Waals surface area contributed by atoms with Crippen molar-refractivity contribution in [2.24, 2.45) is 11.8 Å². The van der Waals surface area contributed by atoms with Crippen LogP contribution in [0.15, 0.2) is 60.7 Å². The molecule has 0 saturated carbocycles. The summed E-state index contributed by atoms with van der Waals surface area (Å²) in [6, 6.07) is 13.4. The van der Waals surface area contributed by atoms with Crippen LogP contribution in [-0.2, 0) is 27.4 Å². The van der Waals surface area contributed by atoms with Crippen LogP contribution in [-0.4, -0.2) is 35.0 Å². The third kappa shape index (κ3) is 3.11. The molecule has 30 heavy (non-hydrogen) atoms. The lowest BCUT2D eigenvalue weighted by Gasteiger charge is -2.23. The summed E-state index contributed by atoms with van der Waals surface area (Å²) in [6.07, 6.45) is 3.40. The third-order valence-corrected chi connectivity index (χ3v) is 6.55. The zero-order chi connectivity index (χ0) is 20.9. The van der Waals surface area contributed by atoms with Gasteiger partial charge in [0.15, 0.2) is 0 Å². The molecule has 0 unspecified atom stereocenters. The molecule has 5 nitrogen and oxygen atoms in total. The maximum absolute atomic E-state index is 13.3. The number of fused-ring (bicyclic) bond motifs is 1. The van der Waals surface area contributed by atoms with Gasteiger partial charge in [0.05, 0.1) is 24.5 Å². The van der Waals surface area contributed by atoms with Gasteiger partial charge in [-0.1, -0.05) is 54.1 Å². The molecule has 154 valence electrons. The molecule has 4 atom stereocenters. The van der Waals surface area contributed by atoms with Crippen LogP contribution in [0.3, 0.4) is 0 Å². The van der Waals surface area contributed by atoms with Crippen molar-refractivity contribution in [1.82, 2.24) is 10.2 Å². The minimum Gasteiger partial charge on any atom is -0.360 e. The summed E-state index contributed by atoms with van der Waals surface area (Å²) in [7, 11) is 0. The van der Waals surface area contributed by atoms with Crippen molar-refractivity contribution in [2.45, 2.75) is 24.8 Å². The number of carbonyl (C=O) groups is 2. The van der Waals surface area contributed by atoms with Crippen LogP contribution in [0.25, 0.3) is 0 Å². The van der Waals surface area contributed by atoms with E-state index in [1.54, 1.807) is 23.1 Å². The van der Waals surface area contributed by atoms with E-state index >= 15 is 0 Å². The van der Waals surface area contributed by atoms with E-state index in [9.17, 15) is 14.0 Å². The maximum Gasteiger partial charge on any atom is 0.230 e. The lowest BCUT2D eigenvalue weighted by atomic mass is 9.77. The van der Waals surface area contributed by atoms with Crippen molar-refractivity contribution in [3.8, 4) is 0 Å². The quantitative estimate of drug-likeness (QED) is 0.747. The Kier molecular flexibility index (Phi) is 4.64. The van der Waals surface area contributed by atoms with E-state index in [2.05, 4.69) is 5.32 Å². The molecule has 2 bridgehead atoms. The largest absolute Gasteiger partial charge is 0.360 e. The van der Waals surface area contributed by atoms with Crippen LogP contribution >= 0.6 is 11.6 Å². The molecule has 2 fully saturated rings. The number of ether oxygens (including phenoxy) is 1. The maximum atomic E-state index is 13.3. The molecular formula is C23H20ClFN2O3. The van der Waals surface area contributed by atoms with E-state index < -0.39 is 23.5 Å². The summed E-state index contributed by atoms with van der Waals surface area (Å²) in [5, 5.41) is 3.49. The second-order valence-corrected chi connectivity index (χ2v) is 8.44. The van der Waals surface area contributed by atoms with Crippen LogP contribution in [0, 0.1) is 17.7 Å². The van der Waals surface area contributed by atoms with Gasteiger partial charge in [0.25, 0.3) is 0 Å². The molecule has 2 aromatic rings. The molecule has 2 amide bonds. The Balaban J connectivity index is 1.32. The van der Waals surface area contributed by atoms with Crippen molar-refractivity contribution in [3.05, 3.63) is 82.6 Å². The Bertz CT molecular complexity index is 1040. The summed E-state index contributed by atoms with van der Waals surface area (Å²) in [4.78, 5) is 28.0. The van der Waals surface area contributed by atoms with Gasteiger partial charge in [0.1, 0.15) is 11.4 Å². The van der Waals surface area contributed by atoms with Gasteiger partial charge in [-0.25, -0.2) is 4.39 Å². The fourth-order valence-corrected chi connectivity index (χ4v) is 4.95. The van der Waals surface area contributed by atoms with Crippen LogP contribution in [0.5, 0.6) is 0 Å². The average molecular weight is 427 g/mol. The number of hydrogen-bond acceptors (Lipinski definition) is 3. The van der Waals surface area contributed by atoms with Crippen molar-refractivity contribution in [3.63, 3.8) is 0 Å². The van der Waals surface area contributed by atoms with Gasteiger partial charge in [0, 0.05) is 18.1 Å². The summed E-state index contributed by atoms with van der Waals surface area (Å²) >= 11 is 6.27. The van der Waals surface area contributed by atoms with Gasteiger partial charge in [-0.05, 0) is 29.3 Å². The molecule has 0 radical (unpaired) electrons. The van der Waals surface area contributed by atoms with Crippen molar-refractivity contribution in [1.29, 1.82) is 0 Å². The molecule has 3 aliphatic rings. The predicted octanol–water partition coefficient (Wildman–Crippen LogP) is 3.08. The zero-order valence-corrected chi connectivity index (χ0v) is 16.8. The van der Waals surface area contributed by atoms with Crippen LogP contribution in [0.2, 0.25) is 5.02 Å². The summed E-state index contributed by atoms with van der Waals surface area (Å²) in [6.45, 7) is 1.04. The monoisotopic (exact) mass is 426 g/mol. The number of hydrogen-bond donors (Lipinski definition) is 1. The normalized spacial score (nSPS) is 28.8. The zero-order valence-electron chi connectivity index (χ0n) is 16.1. The minimum atomic E-state index is -0.763. The Morgan fingerprint density at radius 2 is 2.00 bits per heavy atom. The number of halogens is 2. The molecule has 2 aromatic carbocycles. The van der Waals surface area contributed by atoms with Gasteiger partial charge in [-0.3, -0.25) is 9.59 Å². The van der Waals surface area contributed by atoms with E-state index in [1.165, 1.54) is 12.1 Å². The van der Waals surface area contributed by atoms with Crippen molar-refractivity contribution >= 4 is 23.4 Å². The molecule has 3 heterocycles. The van der Waals surface area contributed by atoms with Crippen molar-refractivity contribution in [2.75, 3.05) is 6.54 Å². The molecule has 1 N–H and O–H groups in total. The van der Waals surface area contributed by atoms with E-state index in [4.69, 9.17) is 16.3 Å². The van der Waals surface area contributed by atoms with Gasteiger partial charge >= 0.3 is 0 Å². The topological polar surface area (TPSA) is 58.6 Å². The Labute approximate surface area is 178 Å². The molecule has 3 aliphatic heterocycles. The molecule has 1 spiro atoms. The number of rotatable bonds is 5. The molecule has 0 aliphatic carbocycles. The van der Waals surface area contributed by atoms with Gasteiger partial charge < -0.3 is 15.0 Å². The van der Waals surface area contributed by atoms with Gasteiger partial charge in [-0.15, -0.1) is 0 Å². The van der Waals surface area contributed by atoms with E-state index in [1.807, 2.05) is 30.4 Å². The highest BCUT2D eigenvalue weighted by Gasteiger charge is 2.66. The number of carbonyl (C=O) groups excluding carboxylic acids is 2. The highest BCUT2D eigenvalue weighted by molar-refractivity contribution is 6.31.